The van der Waals surface area contributed by atoms with E-state index in [0.29, 0.717) is 40.8 Å². The molecule has 1 aliphatic heterocycles. The lowest BCUT2D eigenvalue weighted by atomic mass is 10.1. The number of amides is 1. The van der Waals surface area contributed by atoms with E-state index in [4.69, 9.17) is 18.9 Å². The molecule has 9 nitrogen and oxygen atoms in total. The fourth-order valence-corrected chi connectivity index (χ4v) is 3.69. The highest BCUT2D eigenvalue weighted by atomic mass is 32.2. The summed E-state index contributed by atoms with van der Waals surface area (Å²) in [6.07, 6.45) is 4.57. The zero-order chi connectivity index (χ0) is 22.8. The summed E-state index contributed by atoms with van der Waals surface area (Å²) in [7, 11) is 5.80. The van der Waals surface area contributed by atoms with Gasteiger partial charge in [-0.25, -0.2) is 9.59 Å². The second-order valence-corrected chi connectivity index (χ2v) is 7.15. The molecule has 1 heterocycles. The van der Waals surface area contributed by atoms with Crippen molar-refractivity contribution in [2.75, 3.05) is 47.3 Å². The van der Waals surface area contributed by atoms with Crippen LogP contribution in [0.3, 0.4) is 0 Å². The van der Waals surface area contributed by atoms with Crippen molar-refractivity contribution in [3.8, 4) is 17.2 Å². The molecule has 0 radical (unpaired) electrons. The van der Waals surface area contributed by atoms with E-state index in [2.05, 4.69) is 4.74 Å². The van der Waals surface area contributed by atoms with Gasteiger partial charge in [0.2, 0.25) is 11.7 Å². The molecule has 1 amide bonds. The highest BCUT2D eigenvalue weighted by molar-refractivity contribution is 8.04. The number of thioether (sulfide) groups is 1. The zero-order valence-corrected chi connectivity index (χ0v) is 18.7. The summed E-state index contributed by atoms with van der Waals surface area (Å²) in [5, 5.41) is 0.533. The Hall–Kier alpha value is -3.14. The van der Waals surface area contributed by atoms with Gasteiger partial charge in [0.15, 0.2) is 11.5 Å². The molecule has 10 heteroatoms. The smallest absolute Gasteiger partial charge is 0.333 e. The minimum absolute atomic E-state index is 0.103. The predicted molar refractivity (Wildman–Crippen MR) is 115 cm³/mol. The quantitative estimate of drug-likeness (QED) is 0.301. The van der Waals surface area contributed by atoms with Gasteiger partial charge >= 0.3 is 11.9 Å². The van der Waals surface area contributed by atoms with E-state index in [-0.39, 0.29) is 18.3 Å². The average Bonchev–Trinajstić information content (AvgIpc) is 3.12. The Morgan fingerprint density at radius 3 is 2.32 bits per heavy atom. The van der Waals surface area contributed by atoms with Crippen LogP contribution in [0.1, 0.15) is 12.0 Å². The molecule has 2 rings (SSSR count). The SMILES string of the molecule is COC(=O)/C=C1/SCC(=O)N1CCCOC(=O)/C=C/c1cc(OC)c(OC)c(OC)c1. The van der Waals surface area contributed by atoms with Crippen LogP contribution in [0, 0.1) is 0 Å². The number of methoxy groups -OCH3 is 4. The molecule has 0 saturated carbocycles. The van der Waals surface area contributed by atoms with Crippen LogP contribution < -0.4 is 14.2 Å². The van der Waals surface area contributed by atoms with Crippen LogP contribution in [0.15, 0.2) is 29.3 Å². The number of esters is 2. The highest BCUT2D eigenvalue weighted by Gasteiger charge is 2.27. The van der Waals surface area contributed by atoms with E-state index in [1.54, 1.807) is 18.2 Å². The third-order valence-corrected chi connectivity index (χ3v) is 5.25. The summed E-state index contributed by atoms with van der Waals surface area (Å²) in [4.78, 5) is 36.8. The standard InChI is InChI=1S/C21H25NO8S/c1-26-15-10-14(11-16(27-2)21(15)29-4)6-7-19(24)30-9-5-8-22-17(23)13-31-18(22)12-20(25)28-3/h6-7,10-12H,5,8-9,13H2,1-4H3/b7-6+,18-12+. The van der Waals surface area contributed by atoms with E-state index in [0.717, 1.165) is 0 Å². The Balaban J connectivity index is 1.88. The van der Waals surface area contributed by atoms with Crippen molar-refractivity contribution in [3.63, 3.8) is 0 Å². The maximum absolute atomic E-state index is 12.0. The van der Waals surface area contributed by atoms with Gasteiger partial charge in [-0.05, 0) is 30.2 Å². The number of carbonyl (C=O) groups is 3. The maximum atomic E-state index is 12.0. The first-order chi connectivity index (χ1) is 14.9. The number of ether oxygens (including phenoxy) is 5. The molecule has 1 saturated heterocycles. The van der Waals surface area contributed by atoms with Crippen LogP contribution in [-0.2, 0) is 23.9 Å². The third-order valence-electron chi connectivity index (χ3n) is 4.22. The summed E-state index contributed by atoms with van der Waals surface area (Å²) in [6, 6.07) is 3.41. The first-order valence-electron chi connectivity index (χ1n) is 9.31. The van der Waals surface area contributed by atoms with Gasteiger partial charge < -0.3 is 28.6 Å². The van der Waals surface area contributed by atoms with Gasteiger partial charge in [0, 0.05) is 12.6 Å². The van der Waals surface area contributed by atoms with Crippen molar-refractivity contribution in [1.29, 1.82) is 0 Å². The highest BCUT2D eigenvalue weighted by Crippen LogP contribution is 2.38. The molecule has 1 fully saturated rings. The molecule has 1 aliphatic rings. The van der Waals surface area contributed by atoms with Crippen molar-refractivity contribution >= 4 is 35.7 Å². The number of rotatable bonds is 10. The zero-order valence-electron chi connectivity index (χ0n) is 17.8. The number of carbonyl (C=O) groups excluding carboxylic acids is 3. The van der Waals surface area contributed by atoms with Crippen LogP contribution in [0.5, 0.6) is 17.2 Å². The monoisotopic (exact) mass is 451 g/mol. The van der Waals surface area contributed by atoms with Gasteiger partial charge in [0.05, 0.1) is 51.9 Å². The Morgan fingerprint density at radius 2 is 1.74 bits per heavy atom. The molecule has 0 N–H and O–H groups in total. The number of hydrogen-bond donors (Lipinski definition) is 0. The van der Waals surface area contributed by atoms with Crippen LogP contribution in [-0.4, -0.2) is 70.1 Å². The van der Waals surface area contributed by atoms with Gasteiger partial charge in [-0.1, -0.05) is 11.8 Å². The molecular weight excluding hydrogens is 426 g/mol. The van der Waals surface area contributed by atoms with E-state index in [1.165, 1.54) is 57.3 Å². The van der Waals surface area contributed by atoms with Crippen molar-refractivity contribution < 1.29 is 38.1 Å². The number of hydrogen-bond acceptors (Lipinski definition) is 9. The topological polar surface area (TPSA) is 101 Å². The van der Waals surface area contributed by atoms with Gasteiger partial charge in [0.1, 0.15) is 0 Å². The van der Waals surface area contributed by atoms with Gasteiger partial charge in [-0.3, -0.25) is 4.79 Å². The molecule has 0 spiro atoms. The first-order valence-corrected chi connectivity index (χ1v) is 10.3. The molecule has 1 aromatic carbocycles. The van der Waals surface area contributed by atoms with Crippen molar-refractivity contribution in [2.45, 2.75) is 6.42 Å². The Morgan fingerprint density at radius 1 is 1.06 bits per heavy atom. The summed E-state index contributed by atoms with van der Waals surface area (Å²) >= 11 is 1.27. The molecule has 1 aromatic rings. The third kappa shape index (κ3) is 6.68. The predicted octanol–water partition coefficient (Wildman–Crippen LogP) is 2.25. The van der Waals surface area contributed by atoms with E-state index in [9.17, 15) is 14.4 Å². The van der Waals surface area contributed by atoms with Crippen molar-refractivity contribution in [3.05, 3.63) is 34.9 Å². The van der Waals surface area contributed by atoms with Crippen LogP contribution >= 0.6 is 11.8 Å². The Kier molecular flexibility index (Phi) is 9.26. The lowest BCUT2D eigenvalue weighted by Gasteiger charge is -2.16. The molecular formula is C21H25NO8S. The average molecular weight is 451 g/mol. The summed E-state index contributed by atoms with van der Waals surface area (Å²) in [5.41, 5.74) is 0.670. The molecule has 31 heavy (non-hydrogen) atoms. The van der Waals surface area contributed by atoms with E-state index >= 15 is 0 Å². The van der Waals surface area contributed by atoms with Gasteiger partial charge in [0.25, 0.3) is 0 Å². The molecule has 168 valence electrons. The summed E-state index contributed by atoms with van der Waals surface area (Å²) in [5.74, 6) is 0.512. The lowest BCUT2D eigenvalue weighted by Crippen LogP contribution is -2.27. The van der Waals surface area contributed by atoms with Crippen LogP contribution in [0.2, 0.25) is 0 Å². The second-order valence-electron chi connectivity index (χ2n) is 6.15. The minimum atomic E-state index is -0.527. The van der Waals surface area contributed by atoms with Gasteiger partial charge in [-0.15, -0.1) is 0 Å². The fraction of sp³-hybridized carbons (Fsp3) is 0.381. The van der Waals surface area contributed by atoms with Crippen molar-refractivity contribution in [1.82, 2.24) is 4.90 Å². The van der Waals surface area contributed by atoms with Gasteiger partial charge in [-0.2, -0.15) is 0 Å². The molecule has 0 bridgehead atoms. The van der Waals surface area contributed by atoms with E-state index in [1.807, 2.05) is 0 Å². The summed E-state index contributed by atoms with van der Waals surface area (Å²) in [6.45, 7) is 0.455. The summed E-state index contributed by atoms with van der Waals surface area (Å²) < 4.78 is 25.6. The van der Waals surface area contributed by atoms with Crippen molar-refractivity contribution in [2.24, 2.45) is 0 Å². The maximum Gasteiger partial charge on any atom is 0.333 e. The molecule has 0 unspecified atom stereocenters. The molecule has 0 atom stereocenters. The largest absolute Gasteiger partial charge is 0.493 e. The molecule has 0 aromatic heterocycles. The normalized spacial score (nSPS) is 14.8. The fourth-order valence-electron chi connectivity index (χ4n) is 2.73. The lowest BCUT2D eigenvalue weighted by molar-refractivity contribution is -0.138. The number of nitrogens with zero attached hydrogens (tertiary/aromatic N) is 1. The van der Waals surface area contributed by atoms with Crippen LogP contribution in [0.4, 0.5) is 0 Å². The van der Waals surface area contributed by atoms with E-state index < -0.39 is 11.9 Å². The Bertz CT molecular complexity index is 855. The minimum Gasteiger partial charge on any atom is -0.493 e. The molecule has 0 aliphatic carbocycles. The number of benzene rings is 1. The first kappa shape index (κ1) is 24.1. The second kappa shape index (κ2) is 11.9. The Labute approximate surface area is 184 Å². The van der Waals surface area contributed by atoms with Crippen LogP contribution in [0.25, 0.3) is 6.08 Å².